The van der Waals surface area contributed by atoms with Gasteiger partial charge in [-0.15, -0.1) is 0 Å². The Kier molecular flexibility index (Phi) is 2.76. The lowest BCUT2D eigenvalue weighted by Crippen LogP contribution is -1.74. The molecule has 1 aromatic heterocycles. The minimum Gasteiger partial charge on any atom is -0.243 e. The van der Waals surface area contributed by atoms with Crippen molar-refractivity contribution in [2.45, 2.75) is 0 Å². The van der Waals surface area contributed by atoms with Gasteiger partial charge in [-0.3, -0.25) is 0 Å². The zero-order chi connectivity index (χ0) is 8.27. The molecule has 1 heterocycles. The third kappa shape index (κ3) is 2.12. The van der Waals surface area contributed by atoms with Gasteiger partial charge in [-0.1, -0.05) is 11.6 Å². The number of carbonyl (C=O) groups excluding carboxylic acids is 1. The summed E-state index contributed by atoms with van der Waals surface area (Å²) in [6.45, 7) is 0. The molecule has 0 saturated carbocycles. The number of nitrogens with zero attached hydrogens (tertiary/aromatic N) is 2. The van der Waals surface area contributed by atoms with Crippen LogP contribution in [0.1, 0.15) is 0 Å². The van der Waals surface area contributed by atoms with Crippen LogP contribution < -0.4 is 0 Å². The molecule has 0 fully saturated rings. The molecule has 1 rings (SSSR count). The number of halogens is 2. The van der Waals surface area contributed by atoms with Crippen molar-refractivity contribution in [2.24, 2.45) is 4.99 Å². The molecule has 0 N–H and O–H groups in total. The molecule has 1 aromatic rings. The maximum atomic E-state index is 9.86. The first-order valence-corrected chi connectivity index (χ1v) is 3.80. The standard InChI is InChI=1S/C6H2BrClN2O/c7-4-2-9-6(8)1-5(4)10-3-11/h1-2H. The van der Waals surface area contributed by atoms with Crippen LogP contribution in [0.5, 0.6) is 0 Å². The van der Waals surface area contributed by atoms with E-state index in [-0.39, 0.29) is 0 Å². The van der Waals surface area contributed by atoms with Gasteiger partial charge in [0.2, 0.25) is 6.08 Å². The minimum absolute atomic E-state index is 0.294. The lowest BCUT2D eigenvalue weighted by atomic mass is 10.4. The van der Waals surface area contributed by atoms with E-state index >= 15 is 0 Å². The van der Waals surface area contributed by atoms with E-state index in [1.165, 1.54) is 18.3 Å². The second kappa shape index (κ2) is 3.62. The molecule has 0 amide bonds. The molecule has 3 nitrogen and oxygen atoms in total. The molecule has 0 atom stereocenters. The van der Waals surface area contributed by atoms with Crippen LogP contribution in [0.3, 0.4) is 0 Å². The second-order valence-electron chi connectivity index (χ2n) is 1.66. The normalized spacial score (nSPS) is 8.91. The molecule has 56 valence electrons. The molecule has 0 aliphatic rings. The predicted molar refractivity (Wildman–Crippen MR) is 44.7 cm³/mol. The lowest BCUT2D eigenvalue weighted by molar-refractivity contribution is 0.565. The van der Waals surface area contributed by atoms with E-state index in [2.05, 4.69) is 25.9 Å². The monoisotopic (exact) mass is 232 g/mol. The van der Waals surface area contributed by atoms with Crippen LogP contribution in [0.4, 0.5) is 5.69 Å². The summed E-state index contributed by atoms with van der Waals surface area (Å²) in [4.78, 5) is 17.0. The number of aromatic nitrogens is 1. The number of isocyanates is 1. The molecule has 5 heteroatoms. The number of rotatable bonds is 1. The van der Waals surface area contributed by atoms with Crippen molar-refractivity contribution in [1.82, 2.24) is 4.98 Å². The Hall–Kier alpha value is -0.700. The molecule has 0 bridgehead atoms. The molecule has 0 saturated heterocycles. The van der Waals surface area contributed by atoms with Crippen molar-refractivity contribution < 1.29 is 4.79 Å². The maximum absolute atomic E-state index is 9.86. The molecular formula is C6H2BrClN2O. The summed E-state index contributed by atoms with van der Waals surface area (Å²) in [5, 5.41) is 0.294. The summed E-state index contributed by atoms with van der Waals surface area (Å²) in [7, 11) is 0. The van der Waals surface area contributed by atoms with E-state index in [9.17, 15) is 4.79 Å². The highest BCUT2D eigenvalue weighted by molar-refractivity contribution is 9.10. The molecule has 0 unspecified atom stereocenters. The third-order valence-corrected chi connectivity index (χ3v) is 1.79. The number of aliphatic imine (C=N–C) groups is 1. The summed E-state index contributed by atoms with van der Waals surface area (Å²) in [6, 6.07) is 1.47. The Bertz CT molecular complexity index is 322. The predicted octanol–water partition coefficient (Wildman–Crippen LogP) is 2.46. The Labute approximate surface area is 76.2 Å². The zero-order valence-corrected chi connectivity index (χ0v) is 7.56. The van der Waals surface area contributed by atoms with Gasteiger partial charge in [-0.2, -0.15) is 4.99 Å². The quantitative estimate of drug-likeness (QED) is 0.425. The minimum atomic E-state index is 0.294. The molecule has 0 aliphatic carbocycles. The summed E-state index contributed by atoms with van der Waals surface area (Å²) in [5.41, 5.74) is 0.431. The van der Waals surface area contributed by atoms with Gasteiger partial charge in [0.25, 0.3) is 0 Å². The smallest absolute Gasteiger partial charge is 0.240 e. The molecule has 0 aromatic carbocycles. The maximum Gasteiger partial charge on any atom is 0.240 e. The van der Waals surface area contributed by atoms with Crippen LogP contribution in [0.15, 0.2) is 21.7 Å². The fourth-order valence-electron chi connectivity index (χ4n) is 0.538. The van der Waals surface area contributed by atoms with Crippen LogP contribution in [0, 0.1) is 0 Å². The highest BCUT2D eigenvalue weighted by Crippen LogP contribution is 2.25. The Morgan fingerprint density at radius 3 is 3.09 bits per heavy atom. The fraction of sp³-hybridized carbons (Fsp3) is 0. The van der Waals surface area contributed by atoms with Crippen molar-refractivity contribution >= 4 is 39.3 Å². The molecule has 0 spiro atoms. The highest BCUT2D eigenvalue weighted by atomic mass is 79.9. The van der Waals surface area contributed by atoms with Gasteiger partial charge in [-0.25, -0.2) is 9.78 Å². The number of hydrogen-bond donors (Lipinski definition) is 0. The van der Waals surface area contributed by atoms with Crippen LogP contribution in [-0.4, -0.2) is 11.1 Å². The SMILES string of the molecule is O=C=Nc1cc(Cl)ncc1Br. The van der Waals surface area contributed by atoms with Gasteiger partial charge in [0.15, 0.2) is 0 Å². The fourth-order valence-corrected chi connectivity index (χ4v) is 0.996. The van der Waals surface area contributed by atoms with Crippen LogP contribution in [0.25, 0.3) is 0 Å². The van der Waals surface area contributed by atoms with Crippen molar-refractivity contribution in [2.75, 3.05) is 0 Å². The second-order valence-corrected chi connectivity index (χ2v) is 2.90. The van der Waals surface area contributed by atoms with Gasteiger partial charge in [0, 0.05) is 12.3 Å². The van der Waals surface area contributed by atoms with E-state index < -0.39 is 0 Å². The van der Waals surface area contributed by atoms with Crippen molar-refractivity contribution in [1.29, 1.82) is 0 Å². The first kappa shape index (κ1) is 8.40. The summed E-state index contributed by atoms with van der Waals surface area (Å²) in [6.07, 6.45) is 2.88. The Morgan fingerprint density at radius 1 is 1.73 bits per heavy atom. The van der Waals surface area contributed by atoms with E-state index in [4.69, 9.17) is 11.6 Å². The first-order chi connectivity index (χ1) is 5.24. The number of hydrogen-bond acceptors (Lipinski definition) is 3. The summed E-state index contributed by atoms with van der Waals surface area (Å²) >= 11 is 8.67. The van der Waals surface area contributed by atoms with Crippen LogP contribution in [0.2, 0.25) is 5.15 Å². The van der Waals surface area contributed by atoms with Crippen LogP contribution >= 0.6 is 27.5 Å². The Balaban J connectivity index is 3.22. The lowest BCUT2D eigenvalue weighted by Gasteiger charge is -1.93. The average Bonchev–Trinajstić information content (AvgIpc) is 1.98. The van der Waals surface area contributed by atoms with Crippen LogP contribution in [-0.2, 0) is 4.79 Å². The number of pyridine rings is 1. The molecular weight excluding hydrogens is 231 g/mol. The van der Waals surface area contributed by atoms with E-state index in [1.807, 2.05) is 0 Å². The average molecular weight is 233 g/mol. The topological polar surface area (TPSA) is 42.3 Å². The molecule has 0 aliphatic heterocycles. The highest BCUT2D eigenvalue weighted by Gasteiger charge is 1.98. The van der Waals surface area contributed by atoms with Gasteiger partial charge < -0.3 is 0 Å². The van der Waals surface area contributed by atoms with Crippen molar-refractivity contribution in [3.8, 4) is 0 Å². The third-order valence-electron chi connectivity index (χ3n) is 0.968. The van der Waals surface area contributed by atoms with Crippen molar-refractivity contribution in [3.63, 3.8) is 0 Å². The van der Waals surface area contributed by atoms with Gasteiger partial charge in [-0.05, 0) is 15.9 Å². The molecule has 11 heavy (non-hydrogen) atoms. The van der Waals surface area contributed by atoms with E-state index in [1.54, 1.807) is 0 Å². The summed E-state index contributed by atoms with van der Waals surface area (Å²) in [5.74, 6) is 0. The summed E-state index contributed by atoms with van der Waals surface area (Å²) < 4.78 is 0.616. The largest absolute Gasteiger partial charge is 0.243 e. The molecule has 0 radical (unpaired) electrons. The van der Waals surface area contributed by atoms with Gasteiger partial charge in [0.05, 0.1) is 10.2 Å². The zero-order valence-electron chi connectivity index (χ0n) is 5.21. The van der Waals surface area contributed by atoms with Gasteiger partial charge >= 0.3 is 0 Å². The van der Waals surface area contributed by atoms with Crippen molar-refractivity contribution in [3.05, 3.63) is 21.9 Å². The van der Waals surface area contributed by atoms with Gasteiger partial charge in [0.1, 0.15) is 5.15 Å². The van der Waals surface area contributed by atoms with E-state index in [0.717, 1.165) is 0 Å². The Morgan fingerprint density at radius 2 is 2.45 bits per heavy atom. The first-order valence-electron chi connectivity index (χ1n) is 2.63. The van der Waals surface area contributed by atoms with E-state index in [0.29, 0.717) is 15.3 Å².